The number of halogens is 1. The monoisotopic (exact) mass is 311 g/mol. The third kappa shape index (κ3) is 3.02. The van der Waals surface area contributed by atoms with Gasteiger partial charge in [-0.1, -0.05) is 0 Å². The Hall–Kier alpha value is -1.10. The first-order valence-corrected chi connectivity index (χ1v) is 7.04. The fourth-order valence-electron chi connectivity index (χ4n) is 2.17. The van der Waals surface area contributed by atoms with Gasteiger partial charge in [-0.25, -0.2) is 4.98 Å². The van der Waals surface area contributed by atoms with Crippen molar-refractivity contribution in [3.05, 3.63) is 22.3 Å². The molecule has 4 nitrogen and oxygen atoms in total. The molecule has 1 atom stereocenters. The van der Waals surface area contributed by atoms with Crippen molar-refractivity contribution in [3.8, 4) is 0 Å². The molecule has 1 amide bonds. The number of aryl methyl sites for hydroxylation is 1. The second-order valence-corrected chi connectivity index (χ2v) is 5.63. The average Bonchev–Trinajstić information content (AvgIpc) is 2.85. The first-order valence-electron chi connectivity index (χ1n) is 6.25. The van der Waals surface area contributed by atoms with E-state index in [0.717, 1.165) is 41.8 Å². The molecule has 5 heteroatoms. The molecule has 0 saturated carbocycles. The molecule has 1 aromatic rings. The molecular weight excluding hydrogens is 294 g/mol. The molecule has 2 rings (SSSR count). The van der Waals surface area contributed by atoms with Crippen LogP contribution in [0.2, 0.25) is 0 Å². The van der Waals surface area contributed by atoms with Crippen LogP contribution in [0.4, 0.5) is 5.82 Å². The van der Waals surface area contributed by atoms with Crippen molar-refractivity contribution >= 4 is 27.7 Å². The van der Waals surface area contributed by atoms with Gasteiger partial charge in [0.1, 0.15) is 11.9 Å². The molecule has 2 heterocycles. The van der Waals surface area contributed by atoms with E-state index >= 15 is 0 Å². The van der Waals surface area contributed by atoms with E-state index in [1.165, 1.54) is 0 Å². The lowest BCUT2D eigenvalue weighted by molar-refractivity contribution is -0.130. The fraction of sp³-hybridized carbons (Fsp3) is 0.538. The van der Waals surface area contributed by atoms with Crippen molar-refractivity contribution in [1.82, 2.24) is 9.88 Å². The summed E-state index contributed by atoms with van der Waals surface area (Å²) in [4.78, 5) is 18.4. The van der Waals surface area contributed by atoms with Crippen LogP contribution in [0.15, 0.2) is 16.7 Å². The van der Waals surface area contributed by atoms with Gasteiger partial charge in [-0.15, -0.1) is 0 Å². The number of nitrogens with one attached hydrogen (secondary N) is 1. The number of hydrogen-bond acceptors (Lipinski definition) is 3. The van der Waals surface area contributed by atoms with E-state index < -0.39 is 0 Å². The van der Waals surface area contributed by atoms with E-state index in [1.807, 2.05) is 24.8 Å². The van der Waals surface area contributed by atoms with Crippen molar-refractivity contribution in [3.63, 3.8) is 0 Å². The minimum atomic E-state index is -0.226. The molecule has 1 aliphatic rings. The highest BCUT2D eigenvalue weighted by atomic mass is 79.9. The molecule has 18 heavy (non-hydrogen) atoms. The molecule has 1 aliphatic heterocycles. The lowest BCUT2D eigenvalue weighted by atomic mass is 10.2. The van der Waals surface area contributed by atoms with E-state index in [0.29, 0.717) is 0 Å². The molecule has 0 bridgehead atoms. The number of carbonyl (C=O) groups excluding carboxylic acids is 1. The van der Waals surface area contributed by atoms with E-state index in [4.69, 9.17) is 0 Å². The van der Waals surface area contributed by atoms with Crippen molar-refractivity contribution in [2.75, 3.05) is 18.4 Å². The molecule has 1 fully saturated rings. The standard InChI is InChI=1S/C13H18BrN3O/c1-9-7-11(14)8-15-12(9)16-10(2)13(18)17-5-3-4-6-17/h7-8,10H,3-6H2,1-2H3,(H,15,16). The number of pyridine rings is 1. The third-order valence-electron chi connectivity index (χ3n) is 3.19. The van der Waals surface area contributed by atoms with Crippen LogP contribution in [0.1, 0.15) is 25.3 Å². The predicted octanol–water partition coefficient (Wildman–Crippen LogP) is 2.58. The first-order chi connectivity index (χ1) is 8.58. The Morgan fingerprint density at radius 2 is 2.17 bits per heavy atom. The maximum atomic E-state index is 12.2. The summed E-state index contributed by atoms with van der Waals surface area (Å²) in [5, 5.41) is 3.19. The molecule has 1 aromatic heterocycles. The summed E-state index contributed by atoms with van der Waals surface area (Å²) in [6.07, 6.45) is 3.98. The van der Waals surface area contributed by atoms with Gasteiger partial charge >= 0.3 is 0 Å². The summed E-state index contributed by atoms with van der Waals surface area (Å²) in [5.41, 5.74) is 1.03. The van der Waals surface area contributed by atoms with Gasteiger partial charge in [0.25, 0.3) is 0 Å². The average molecular weight is 312 g/mol. The number of aromatic nitrogens is 1. The molecule has 0 aromatic carbocycles. The first kappa shape index (κ1) is 13.3. The number of carbonyl (C=O) groups is 1. The maximum Gasteiger partial charge on any atom is 0.244 e. The zero-order valence-electron chi connectivity index (χ0n) is 10.7. The SMILES string of the molecule is Cc1cc(Br)cnc1NC(C)C(=O)N1CCCC1. The molecule has 0 spiro atoms. The number of nitrogens with zero attached hydrogens (tertiary/aromatic N) is 2. The van der Waals surface area contributed by atoms with E-state index in [2.05, 4.69) is 26.2 Å². The predicted molar refractivity (Wildman–Crippen MR) is 75.6 cm³/mol. The van der Waals surface area contributed by atoms with Gasteiger partial charge in [-0.05, 0) is 54.2 Å². The lowest BCUT2D eigenvalue weighted by Crippen LogP contribution is -2.39. The normalized spacial score (nSPS) is 16.7. The Bertz CT molecular complexity index is 444. The molecule has 98 valence electrons. The number of anilines is 1. The molecule has 1 unspecified atom stereocenters. The van der Waals surface area contributed by atoms with Crippen LogP contribution in [-0.4, -0.2) is 34.9 Å². The van der Waals surface area contributed by atoms with Gasteiger partial charge in [0, 0.05) is 23.8 Å². The molecule has 1 N–H and O–H groups in total. The number of hydrogen-bond donors (Lipinski definition) is 1. The Morgan fingerprint density at radius 1 is 1.50 bits per heavy atom. The second-order valence-electron chi connectivity index (χ2n) is 4.72. The fourth-order valence-corrected chi connectivity index (χ4v) is 2.62. The third-order valence-corrected chi connectivity index (χ3v) is 3.62. The summed E-state index contributed by atoms with van der Waals surface area (Å²) >= 11 is 3.38. The highest BCUT2D eigenvalue weighted by Gasteiger charge is 2.23. The van der Waals surface area contributed by atoms with Crippen LogP contribution in [0.25, 0.3) is 0 Å². The largest absolute Gasteiger partial charge is 0.358 e. The quantitative estimate of drug-likeness (QED) is 0.933. The Morgan fingerprint density at radius 3 is 2.78 bits per heavy atom. The number of rotatable bonds is 3. The van der Waals surface area contributed by atoms with Crippen molar-refractivity contribution in [2.45, 2.75) is 32.7 Å². The van der Waals surface area contributed by atoms with Crippen molar-refractivity contribution in [2.24, 2.45) is 0 Å². The van der Waals surface area contributed by atoms with Crippen molar-refractivity contribution < 1.29 is 4.79 Å². The van der Waals surface area contributed by atoms with Gasteiger partial charge < -0.3 is 10.2 Å². The topological polar surface area (TPSA) is 45.2 Å². The lowest BCUT2D eigenvalue weighted by Gasteiger charge is -2.22. The van der Waals surface area contributed by atoms with Crippen LogP contribution in [0.3, 0.4) is 0 Å². The smallest absolute Gasteiger partial charge is 0.244 e. The van der Waals surface area contributed by atoms with Crippen LogP contribution in [0.5, 0.6) is 0 Å². The molecular formula is C13H18BrN3O. The van der Waals surface area contributed by atoms with Crippen LogP contribution < -0.4 is 5.32 Å². The Labute approximate surface area is 116 Å². The van der Waals surface area contributed by atoms with Crippen LogP contribution >= 0.6 is 15.9 Å². The van der Waals surface area contributed by atoms with E-state index in [9.17, 15) is 4.79 Å². The van der Waals surface area contributed by atoms with E-state index in [-0.39, 0.29) is 11.9 Å². The van der Waals surface area contributed by atoms with Crippen LogP contribution in [0, 0.1) is 6.92 Å². The maximum absolute atomic E-state index is 12.2. The highest BCUT2D eigenvalue weighted by molar-refractivity contribution is 9.10. The zero-order valence-corrected chi connectivity index (χ0v) is 12.3. The summed E-state index contributed by atoms with van der Waals surface area (Å²) in [7, 11) is 0. The molecule has 1 saturated heterocycles. The number of amides is 1. The Kier molecular flexibility index (Phi) is 4.22. The van der Waals surface area contributed by atoms with Gasteiger partial charge in [0.15, 0.2) is 0 Å². The van der Waals surface area contributed by atoms with Gasteiger partial charge in [-0.3, -0.25) is 4.79 Å². The minimum Gasteiger partial charge on any atom is -0.358 e. The summed E-state index contributed by atoms with van der Waals surface area (Å²) < 4.78 is 0.948. The minimum absolute atomic E-state index is 0.164. The van der Waals surface area contributed by atoms with Crippen molar-refractivity contribution in [1.29, 1.82) is 0 Å². The summed E-state index contributed by atoms with van der Waals surface area (Å²) in [6, 6.07) is 1.76. The van der Waals surface area contributed by atoms with E-state index in [1.54, 1.807) is 6.20 Å². The van der Waals surface area contributed by atoms with Gasteiger partial charge in [-0.2, -0.15) is 0 Å². The zero-order chi connectivity index (χ0) is 13.1. The summed E-state index contributed by atoms with van der Waals surface area (Å²) in [6.45, 7) is 5.65. The summed E-state index contributed by atoms with van der Waals surface area (Å²) in [5.74, 6) is 0.940. The molecule has 0 aliphatic carbocycles. The second kappa shape index (κ2) is 5.69. The number of likely N-dealkylation sites (tertiary alicyclic amines) is 1. The highest BCUT2D eigenvalue weighted by Crippen LogP contribution is 2.18. The Balaban J connectivity index is 2.01. The van der Waals surface area contributed by atoms with Gasteiger partial charge in [0.2, 0.25) is 5.91 Å². The van der Waals surface area contributed by atoms with Crippen LogP contribution in [-0.2, 0) is 4.79 Å². The molecule has 0 radical (unpaired) electrons. The van der Waals surface area contributed by atoms with Gasteiger partial charge in [0.05, 0.1) is 0 Å².